The highest BCUT2D eigenvalue weighted by Gasteiger charge is 2.30. The first-order chi connectivity index (χ1) is 19.3. The van der Waals surface area contributed by atoms with E-state index >= 15 is 0 Å². The van der Waals surface area contributed by atoms with E-state index in [2.05, 4.69) is 0 Å². The second-order valence-corrected chi connectivity index (χ2v) is 9.61. The van der Waals surface area contributed by atoms with Gasteiger partial charge in [-0.25, -0.2) is 4.79 Å². The Hall–Kier alpha value is -4.51. The molecule has 0 saturated heterocycles. The largest absolute Gasteiger partial charge is 0.490 e. The number of hydrogen-bond donors (Lipinski definition) is 0. The number of nitriles is 1. The minimum atomic E-state index is -4.43. The summed E-state index contributed by atoms with van der Waals surface area (Å²) in [6.45, 7) is 1.88. The molecule has 1 aromatic heterocycles. The van der Waals surface area contributed by atoms with Crippen molar-refractivity contribution in [1.29, 1.82) is 5.26 Å². The van der Waals surface area contributed by atoms with Crippen molar-refractivity contribution < 1.29 is 27.4 Å². The number of esters is 1. The third-order valence-corrected chi connectivity index (χ3v) is 7.05. The second kappa shape index (κ2) is 11.3. The van der Waals surface area contributed by atoms with Crippen molar-refractivity contribution in [3.05, 3.63) is 89.6 Å². The molecule has 0 atom stereocenters. The lowest BCUT2D eigenvalue weighted by Gasteiger charge is -2.15. The fourth-order valence-corrected chi connectivity index (χ4v) is 5.18. The monoisotopic (exact) mass is 544 g/mol. The van der Waals surface area contributed by atoms with Crippen molar-refractivity contribution >= 4 is 22.9 Å². The minimum Gasteiger partial charge on any atom is -0.490 e. The Morgan fingerprint density at radius 1 is 1.02 bits per heavy atom. The molecule has 204 valence electrons. The number of allylic oxidation sites excluding steroid dienone is 1. The lowest BCUT2D eigenvalue weighted by molar-refractivity contribution is -0.137. The third kappa shape index (κ3) is 5.46. The predicted octanol–water partition coefficient (Wildman–Crippen LogP) is 8.35. The molecule has 8 heteroatoms. The quantitative estimate of drug-likeness (QED) is 0.173. The number of rotatable bonds is 7. The molecule has 0 bridgehead atoms. The highest BCUT2D eigenvalue weighted by Crippen LogP contribution is 2.36. The third-order valence-electron chi connectivity index (χ3n) is 7.05. The Kier molecular flexibility index (Phi) is 7.65. The number of hydrogen-bond acceptors (Lipinski definition) is 4. The average molecular weight is 545 g/mol. The molecular formula is C32H27F3N2O3. The van der Waals surface area contributed by atoms with Crippen LogP contribution in [0.3, 0.4) is 0 Å². The van der Waals surface area contributed by atoms with Crippen molar-refractivity contribution in [2.24, 2.45) is 0 Å². The minimum absolute atomic E-state index is 0.159. The van der Waals surface area contributed by atoms with Crippen LogP contribution in [0.1, 0.15) is 54.2 Å². The first-order valence-electron chi connectivity index (χ1n) is 13.2. The van der Waals surface area contributed by atoms with Crippen LogP contribution in [0.5, 0.6) is 5.75 Å². The first kappa shape index (κ1) is 27.1. The molecule has 5 rings (SSSR count). The van der Waals surface area contributed by atoms with Gasteiger partial charge in [0.2, 0.25) is 0 Å². The molecule has 1 aliphatic rings. The molecule has 40 heavy (non-hydrogen) atoms. The molecule has 1 aliphatic carbocycles. The maximum Gasteiger partial charge on any atom is 0.416 e. The summed E-state index contributed by atoms with van der Waals surface area (Å²) < 4.78 is 52.5. The molecule has 0 N–H and O–H groups in total. The zero-order valence-electron chi connectivity index (χ0n) is 21.9. The summed E-state index contributed by atoms with van der Waals surface area (Å²) in [5.74, 6) is 0.192. The molecule has 0 spiro atoms. The topological polar surface area (TPSA) is 64.2 Å². The van der Waals surface area contributed by atoms with E-state index in [1.165, 1.54) is 18.2 Å². The molecule has 5 nitrogen and oxygen atoms in total. The van der Waals surface area contributed by atoms with E-state index in [1.54, 1.807) is 23.6 Å². The SMILES string of the molecule is CCOC(=O)c1c(/C=C/C#N)c2cc(-c3ccc(C(F)(F)F)cc3)ccc2n1-c1ccc(OC2CCCC2)cc1. The number of fused-ring (bicyclic) bond motifs is 1. The van der Waals surface area contributed by atoms with E-state index < -0.39 is 17.7 Å². The van der Waals surface area contributed by atoms with E-state index in [-0.39, 0.29) is 18.4 Å². The fourth-order valence-electron chi connectivity index (χ4n) is 5.18. The molecule has 3 aromatic carbocycles. The van der Waals surface area contributed by atoms with Gasteiger partial charge in [-0.05, 0) is 98.3 Å². The number of carbonyl (C=O) groups is 1. The molecule has 0 aliphatic heterocycles. The van der Waals surface area contributed by atoms with Gasteiger partial charge >= 0.3 is 12.1 Å². The molecule has 1 saturated carbocycles. The molecule has 0 amide bonds. The summed E-state index contributed by atoms with van der Waals surface area (Å²) in [5, 5.41) is 9.91. The number of halogens is 3. The Bertz CT molecular complexity index is 1590. The second-order valence-electron chi connectivity index (χ2n) is 9.61. The number of ether oxygens (including phenoxy) is 2. The molecular weight excluding hydrogens is 517 g/mol. The maximum atomic E-state index is 13.3. The van der Waals surface area contributed by atoms with Crippen LogP contribution in [-0.4, -0.2) is 23.2 Å². The van der Waals surface area contributed by atoms with Crippen LogP contribution in [0.2, 0.25) is 0 Å². The Labute approximate surface area is 230 Å². The smallest absolute Gasteiger partial charge is 0.416 e. The van der Waals surface area contributed by atoms with E-state index in [4.69, 9.17) is 9.47 Å². The van der Waals surface area contributed by atoms with E-state index in [0.717, 1.165) is 43.6 Å². The zero-order chi connectivity index (χ0) is 28.3. The first-order valence-corrected chi connectivity index (χ1v) is 13.2. The van der Waals surface area contributed by atoms with Crippen LogP contribution in [0.15, 0.2) is 72.8 Å². The van der Waals surface area contributed by atoms with E-state index in [9.17, 15) is 23.2 Å². The summed E-state index contributed by atoms with van der Waals surface area (Å²) in [7, 11) is 0. The van der Waals surface area contributed by atoms with Gasteiger partial charge < -0.3 is 14.0 Å². The van der Waals surface area contributed by atoms with Crippen LogP contribution in [0.25, 0.3) is 33.8 Å². The lowest BCUT2D eigenvalue weighted by Crippen LogP contribution is -2.13. The van der Waals surface area contributed by atoms with Gasteiger partial charge in [-0.1, -0.05) is 18.2 Å². The zero-order valence-corrected chi connectivity index (χ0v) is 21.9. The van der Waals surface area contributed by atoms with E-state index in [1.807, 2.05) is 42.5 Å². The van der Waals surface area contributed by atoms with Gasteiger partial charge in [0.1, 0.15) is 11.4 Å². The van der Waals surface area contributed by atoms with Gasteiger partial charge in [0, 0.05) is 22.7 Å². The van der Waals surface area contributed by atoms with Crippen molar-refractivity contribution in [3.63, 3.8) is 0 Å². The number of alkyl halides is 3. The number of aromatic nitrogens is 1. The van der Waals surface area contributed by atoms with Crippen LogP contribution in [0.4, 0.5) is 13.2 Å². The van der Waals surface area contributed by atoms with Gasteiger partial charge in [-0.15, -0.1) is 0 Å². The number of benzene rings is 3. The van der Waals surface area contributed by atoms with Crippen molar-refractivity contribution in [2.45, 2.75) is 44.9 Å². The molecule has 0 unspecified atom stereocenters. The highest BCUT2D eigenvalue weighted by atomic mass is 19.4. The summed E-state index contributed by atoms with van der Waals surface area (Å²) in [6, 6.07) is 19.8. The Morgan fingerprint density at radius 3 is 2.33 bits per heavy atom. The van der Waals surface area contributed by atoms with Gasteiger partial charge in [0.15, 0.2) is 0 Å². The summed E-state index contributed by atoms with van der Waals surface area (Å²) >= 11 is 0. The van der Waals surface area contributed by atoms with E-state index in [0.29, 0.717) is 33.3 Å². The van der Waals surface area contributed by atoms with Gasteiger partial charge in [-0.3, -0.25) is 0 Å². The Balaban J connectivity index is 1.65. The fraction of sp³-hybridized carbons (Fsp3) is 0.250. The number of carbonyl (C=O) groups excluding carboxylic acids is 1. The van der Waals surface area contributed by atoms with Crippen molar-refractivity contribution in [1.82, 2.24) is 4.57 Å². The standard InChI is InChI=1S/C32H27F3N2O3/c1-2-39-31(38)30-27(8-5-19-36)28-20-22(21-9-12-23(13-10-21)32(33,34)35)11-18-29(28)37(30)24-14-16-26(17-15-24)40-25-6-3-4-7-25/h5,8-18,20,25H,2-4,6-7H2,1H3/b8-5+. The van der Waals surface area contributed by atoms with Crippen LogP contribution < -0.4 is 4.74 Å². The maximum absolute atomic E-state index is 13.3. The van der Waals surface area contributed by atoms with Gasteiger partial charge in [0.05, 0.1) is 29.9 Å². The van der Waals surface area contributed by atoms with Crippen LogP contribution in [0, 0.1) is 11.3 Å². The van der Waals surface area contributed by atoms with Crippen molar-refractivity contribution in [3.8, 4) is 28.6 Å². The molecule has 1 heterocycles. The lowest BCUT2D eigenvalue weighted by atomic mass is 10.0. The summed E-state index contributed by atoms with van der Waals surface area (Å²) in [6.07, 6.45) is 3.01. The van der Waals surface area contributed by atoms with Crippen molar-refractivity contribution in [2.75, 3.05) is 6.61 Å². The summed E-state index contributed by atoms with van der Waals surface area (Å²) in [4.78, 5) is 13.3. The summed E-state index contributed by atoms with van der Waals surface area (Å²) in [5.41, 5.74) is 2.63. The average Bonchev–Trinajstić information content (AvgIpc) is 3.57. The molecule has 0 radical (unpaired) electrons. The molecule has 4 aromatic rings. The predicted molar refractivity (Wildman–Crippen MR) is 147 cm³/mol. The van der Waals surface area contributed by atoms with Crippen LogP contribution in [-0.2, 0) is 10.9 Å². The Morgan fingerprint density at radius 2 is 1.70 bits per heavy atom. The molecule has 1 fully saturated rings. The number of nitrogens with zero attached hydrogens (tertiary/aromatic N) is 2. The van der Waals surface area contributed by atoms with Gasteiger partial charge in [-0.2, -0.15) is 18.4 Å². The van der Waals surface area contributed by atoms with Crippen LogP contribution >= 0.6 is 0 Å². The normalized spacial score (nSPS) is 14.1. The van der Waals surface area contributed by atoms with Gasteiger partial charge in [0.25, 0.3) is 0 Å². The highest BCUT2D eigenvalue weighted by molar-refractivity contribution is 6.05.